The van der Waals surface area contributed by atoms with Crippen LogP contribution in [0, 0.1) is 0 Å². The Balaban J connectivity index is 1.58. The molecule has 0 N–H and O–H groups in total. The molecule has 1 aliphatic heterocycles. The van der Waals surface area contributed by atoms with Crippen LogP contribution in [-0.4, -0.2) is 41.1 Å². The van der Waals surface area contributed by atoms with Crippen LogP contribution in [0.2, 0.25) is 0 Å². The van der Waals surface area contributed by atoms with E-state index in [1.54, 1.807) is 17.7 Å². The number of nitrogens with zero attached hydrogens (tertiary/aromatic N) is 5. The van der Waals surface area contributed by atoms with Crippen molar-refractivity contribution in [3.63, 3.8) is 0 Å². The molecule has 0 radical (unpaired) electrons. The van der Waals surface area contributed by atoms with Gasteiger partial charge in [-0.25, -0.2) is 15.0 Å². The van der Waals surface area contributed by atoms with E-state index in [1.165, 1.54) is 0 Å². The number of rotatable bonds is 2. The number of para-hydroxylation sites is 1. The van der Waals surface area contributed by atoms with E-state index in [4.69, 9.17) is 0 Å². The third-order valence-corrected chi connectivity index (χ3v) is 4.62. The van der Waals surface area contributed by atoms with Crippen LogP contribution in [0.25, 0.3) is 10.9 Å². The molecule has 3 heterocycles. The van der Waals surface area contributed by atoms with Crippen molar-refractivity contribution in [3.05, 3.63) is 42.2 Å². The molecule has 1 aliphatic rings. The van der Waals surface area contributed by atoms with Crippen LogP contribution in [0.15, 0.2) is 42.2 Å². The number of benzene rings is 1. The summed E-state index contributed by atoms with van der Waals surface area (Å²) in [6.07, 6.45) is 3.52. The molecule has 1 fully saturated rings. The summed E-state index contributed by atoms with van der Waals surface area (Å²) in [6, 6.07) is 8.19. The standard InChI is InChI=1S/C15H15N5S/c1-2-4-13-12(3-1)14(18-11-17-13)19-6-8-20(9-7-19)15-16-5-10-21-15/h1-5,10-11H,6-9H2. The van der Waals surface area contributed by atoms with Gasteiger partial charge in [-0.1, -0.05) is 12.1 Å². The molecule has 5 nitrogen and oxygen atoms in total. The van der Waals surface area contributed by atoms with Crippen molar-refractivity contribution in [2.75, 3.05) is 36.0 Å². The first-order valence-electron chi connectivity index (χ1n) is 7.01. The van der Waals surface area contributed by atoms with Gasteiger partial charge < -0.3 is 9.80 Å². The van der Waals surface area contributed by atoms with Gasteiger partial charge in [0.1, 0.15) is 12.1 Å². The molecule has 1 aromatic carbocycles. The summed E-state index contributed by atoms with van der Waals surface area (Å²) >= 11 is 1.70. The molecule has 4 rings (SSSR count). The largest absolute Gasteiger partial charge is 0.352 e. The van der Waals surface area contributed by atoms with Crippen LogP contribution in [0.5, 0.6) is 0 Å². The highest BCUT2D eigenvalue weighted by Gasteiger charge is 2.20. The Morgan fingerprint density at radius 1 is 0.905 bits per heavy atom. The number of anilines is 2. The summed E-state index contributed by atoms with van der Waals surface area (Å²) in [5, 5.41) is 4.27. The second kappa shape index (κ2) is 5.29. The molecule has 6 heteroatoms. The summed E-state index contributed by atoms with van der Waals surface area (Å²) in [5.41, 5.74) is 1.00. The fourth-order valence-electron chi connectivity index (χ4n) is 2.72. The Labute approximate surface area is 126 Å². The Hall–Kier alpha value is -2.21. The molecule has 0 spiro atoms. The average molecular weight is 297 g/mol. The van der Waals surface area contributed by atoms with Gasteiger partial charge in [0.05, 0.1) is 5.52 Å². The first-order chi connectivity index (χ1) is 10.4. The lowest BCUT2D eigenvalue weighted by atomic mass is 10.2. The van der Waals surface area contributed by atoms with Crippen LogP contribution >= 0.6 is 11.3 Å². The maximum absolute atomic E-state index is 4.50. The fraction of sp³-hybridized carbons (Fsp3) is 0.267. The zero-order valence-corrected chi connectivity index (χ0v) is 12.3. The van der Waals surface area contributed by atoms with Gasteiger partial charge >= 0.3 is 0 Å². The van der Waals surface area contributed by atoms with E-state index in [-0.39, 0.29) is 0 Å². The first kappa shape index (κ1) is 12.5. The monoisotopic (exact) mass is 297 g/mol. The highest BCUT2D eigenvalue weighted by Crippen LogP contribution is 2.25. The number of aromatic nitrogens is 3. The first-order valence-corrected chi connectivity index (χ1v) is 7.89. The molecule has 0 unspecified atom stereocenters. The van der Waals surface area contributed by atoms with Crippen LogP contribution < -0.4 is 9.80 Å². The lowest BCUT2D eigenvalue weighted by Gasteiger charge is -2.35. The predicted octanol–water partition coefficient (Wildman–Crippen LogP) is 2.41. The minimum Gasteiger partial charge on any atom is -0.352 e. The number of fused-ring (bicyclic) bond motifs is 1. The van der Waals surface area contributed by atoms with E-state index in [2.05, 4.69) is 30.8 Å². The maximum Gasteiger partial charge on any atom is 0.185 e. The summed E-state index contributed by atoms with van der Waals surface area (Å²) < 4.78 is 0. The van der Waals surface area contributed by atoms with E-state index in [1.807, 2.05) is 29.8 Å². The summed E-state index contributed by atoms with van der Waals surface area (Å²) in [6.45, 7) is 3.87. The van der Waals surface area contributed by atoms with Gasteiger partial charge in [-0.3, -0.25) is 0 Å². The summed E-state index contributed by atoms with van der Waals surface area (Å²) in [5.74, 6) is 1.04. The lowest BCUT2D eigenvalue weighted by molar-refractivity contribution is 0.647. The molecular weight excluding hydrogens is 282 g/mol. The molecule has 3 aromatic rings. The van der Waals surface area contributed by atoms with Crippen molar-refractivity contribution in [2.24, 2.45) is 0 Å². The van der Waals surface area contributed by atoms with Crippen molar-refractivity contribution in [1.82, 2.24) is 15.0 Å². The van der Waals surface area contributed by atoms with Crippen molar-refractivity contribution in [3.8, 4) is 0 Å². The van der Waals surface area contributed by atoms with Gasteiger partial charge in [0.25, 0.3) is 0 Å². The Bertz CT molecular complexity index is 729. The fourth-order valence-corrected chi connectivity index (χ4v) is 3.42. The van der Waals surface area contributed by atoms with Crippen molar-refractivity contribution >= 4 is 33.2 Å². The van der Waals surface area contributed by atoms with Gasteiger partial charge in [-0.2, -0.15) is 0 Å². The highest BCUT2D eigenvalue weighted by molar-refractivity contribution is 7.13. The number of hydrogen-bond donors (Lipinski definition) is 0. The van der Waals surface area contributed by atoms with Gasteiger partial charge in [0, 0.05) is 43.1 Å². The van der Waals surface area contributed by atoms with E-state index in [9.17, 15) is 0 Å². The van der Waals surface area contributed by atoms with Gasteiger partial charge in [0.15, 0.2) is 5.13 Å². The molecular formula is C15H15N5S. The zero-order chi connectivity index (χ0) is 14.1. The van der Waals surface area contributed by atoms with E-state index >= 15 is 0 Å². The Kier molecular flexibility index (Phi) is 3.16. The molecule has 0 bridgehead atoms. The predicted molar refractivity (Wildman–Crippen MR) is 86.1 cm³/mol. The average Bonchev–Trinajstić information content (AvgIpc) is 3.09. The number of hydrogen-bond acceptors (Lipinski definition) is 6. The zero-order valence-electron chi connectivity index (χ0n) is 11.5. The van der Waals surface area contributed by atoms with Crippen LogP contribution in [0.1, 0.15) is 0 Å². The SMILES string of the molecule is c1ccc2c(N3CCN(c4nccs4)CC3)ncnc2c1. The Morgan fingerprint density at radius 2 is 1.71 bits per heavy atom. The molecule has 2 aromatic heterocycles. The quantitative estimate of drug-likeness (QED) is 0.727. The van der Waals surface area contributed by atoms with Crippen LogP contribution in [-0.2, 0) is 0 Å². The van der Waals surface area contributed by atoms with Crippen LogP contribution in [0.4, 0.5) is 10.9 Å². The second-order valence-corrected chi connectivity index (χ2v) is 5.88. The second-order valence-electron chi connectivity index (χ2n) is 5.00. The summed E-state index contributed by atoms with van der Waals surface area (Å²) in [4.78, 5) is 17.9. The number of thiazole rings is 1. The molecule has 0 saturated carbocycles. The third kappa shape index (κ3) is 2.31. The highest BCUT2D eigenvalue weighted by atomic mass is 32.1. The normalized spacial score (nSPS) is 15.6. The Morgan fingerprint density at radius 3 is 2.52 bits per heavy atom. The van der Waals surface area contributed by atoms with Gasteiger partial charge in [-0.05, 0) is 12.1 Å². The molecule has 0 atom stereocenters. The molecule has 0 amide bonds. The molecule has 1 saturated heterocycles. The molecule has 21 heavy (non-hydrogen) atoms. The number of piperazine rings is 1. The van der Waals surface area contributed by atoms with Crippen molar-refractivity contribution < 1.29 is 0 Å². The van der Waals surface area contributed by atoms with E-state index in [0.717, 1.165) is 48.0 Å². The molecule has 0 aliphatic carbocycles. The van der Waals surface area contributed by atoms with Crippen LogP contribution in [0.3, 0.4) is 0 Å². The smallest absolute Gasteiger partial charge is 0.185 e. The topological polar surface area (TPSA) is 45.2 Å². The van der Waals surface area contributed by atoms with Gasteiger partial charge in [0.2, 0.25) is 0 Å². The minimum absolute atomic E-state index is 0.959. The minimum atomic E-state index is 0.959. The molecule has 106 valence electrons. The van der Waals surface area contributed by atoms with E-state index in [0.29, 0.717) is 0 Å². The lowest BCUT2D eigenvalue weighted by Crippen LogP contribution is -2.46. The van der Waals surface area contributed by atoms with E-state index < -0.39 is 0 Å². The maximum atomic E-state index is 4.50. The van der Waals surface area contributed by atoms with Crippen molar-refractivity contribution in [2.45, 2.75) is 0 Å². The van der Waals surface area contributed by atoms with Crippen molar-refractivity contribution in [1.29, 1.82) is 0 Å². The summed E-state index contributed by atoms with van der Waals surface area (Å²) in [7, 11) is 0. The van der Waals surface area contributed by atoms with Gasteiger partial charge in [-0.15, -0.1) is 11.3 Å². The third-order valence-electron chi connectivity index (χ3n) is 3.79.